The summed E-state index contributed by atoms with van der Waals surface area (Å²) in [5, 5.41) is 7.04. The standard InChI is InChI=1S/C21H27N5O2/c1-13-7-4-9-17-19(13)24-20(23-17)18-10-6-12-26(18)21(27)22-11-5-8-16-14(2)25-28-15(16)3/h4,7,9,18H,5-6,8,10-12H2,1-3H3,(H,22,27)(H,23,24)/t18-/m1/s1. The first-order valence-electron chi connectivity index (χ1n) is 9.96. The van der Waals surface area contributed by atoms with E-state index in [1.807, 2.05) is 30.9 Å². The smallest absolute Gasteiger partial charge is 0.318 e. The normalized spacial score (nSPS) is 16.8. The molecule has 28 heavy (non-hydrogen) atoms. The van der Waals surface area contributed by atoms with Gasteiger partial charge >= 0.3 is 6.03 Å². The fourth-order valence-electron chi connectivity index (χ4n) is 4.07. The number of carbonyl (C=O) groups excluding carboxylic acids is 1. The summed E-state index contributed by atoms with van der Waals surface area (Å²) in [5.74, 6) is 1.75. The summed E-state index contributed by atoms with van der Waals surface area (Å²) in [6, 6.07) is 6.11. The molecule has 0 unspecified atom stereocenters. The monoisotopic (exact) mass is 381 g/mol. The number of rotatable bonds is 5. The Kier molecular flexibility index (Phi) is 5.07. The van der Waals surface area contributed by atoms with Gasteiger partial charge in [-0.15, -0.1) is 0 Å². The van der Waals surface area contributed by atoms with E-state index in [2.05, 4.69) is 28.4 Å². The number of fused-ring (bicyclic) bond motifs is 1. The van der Waals surface area contributed by atoms with Crippen molar-refractivity contribution in [2.24, 2.45) is 0 Å². The van der Waals surface area contributed by atoms with Gasteiger partial charge in [-0.25, -0.2) is 9.78 Å². The van der Waals surface area contributed by atoms with E-state index in [1.165, 1.54) is 0 Å². The zero-order valence-electron chi connectivity index (χ0n) is 16.7. The highest BCUT2D eigenvalue weighted by molar-refractivity contribution is 5.79. The average Bonchev–Trinajstić information content (AvgIpc) is 3.39. The van der Waals surface area contributed by atoms with Gasteiger partial charge in [-0.2, -0.15) is 0 Å². The summed E-state index contributed by atoms with van der Waals surface area (Å²) in [6.07, 6.45) is 3.64. The van der Waals surface area contributed by atoms with E-state index in [4.69, 9.17) is 9.51 Å². The van der Waals surface area contributed by atoms with Gasteiger partial charge < -0.3 is 19.7 Å². The molecule has 1 saturated heterocycles. The van der Waals surface area contributed by atoms with Gasteiger partial charge in [0.25, 0.3) is 0 Å². The second kappa shape index (κ2) is 7.66. The average molecular weight is 381 g/mol. The Morgan fingerprint density at radius 1 is 1.36 bits per heavy atom. The lowest BCUT2D eigenvalue weighted by Crippen LogP contribution is -2.40. The number of imidazole rings is 1. The molecule has 1 atom stereocenters. The summed E-state index contributed by atoms with van der Waals surface area (Å²) < 4.78 is 5.20. The number of carbonyl (C=O) groups is 1. The van der Waals surface area contributed by atoms with E-state index in [-0.39, 0.29) is 12.1 Å². The molecular weight excluding hydrogens is 354 g/mol. The van der Waals surface area contributed by atoms with Crippen LogP contribution >= 0.6 is 0 Å². The zero-order valence-corrected chi connectivity index (χ0v) is 16.7. The molecule has 0 saturated carbocycles. The van der Waals surface area contributed by atoms with Gasteiger partial charge in [0, 0.05) is 18.7 Å². The number of amides is 2. The maximum atomic E-state index is 12.7. The Bertz CT molecular complexity index is 971. The van der Waals surface area contributed by atoms with Crippen LogP contribution in [0.4, 0.5) is 4.79 Å². The maximum Gasteiger partial charge on any atom is 0.318 e. The molecule has 7 nitrogen and oxygen atoms in total. The van der Waals surface area contributed by atoms with Gasteiger partial charge in [-0.1, -0.05) is 17.3 Å². The van der Waals surface area contributed by atoms with Crippen molar-refractivity contribution in [1.29, 1.82) is 0 Å². The molecule has 7 heteroatoms. The Morgan fingerprint density at radius 2 is 2.21 bits per heavy atom. The van der Waals surface area contributed by atoms with Crippen molar-refractivity contribution in [3.8, 4) is 0 Å². The third-order valence-corrected chi connectivity index (χ3v) is 5.62. The van der Waals surface area contributed by atoms with Crippen LogP contribution < -0.4 is 5.32 Å². The van der Waals surface area contributed by atoms with Gasteiger partial charge in [0.2, 0.25) is 0 Å². The van der Waals surface area contributed by atoms with Crippen LogP contribution in [0.5, 0.6) is 0 Å². The highest BCUT2D eigenvalue weighted by atomic mass is 16.5. The SMILES string of the molecule is Cc1noc(C)c1CCCNC(=O)N1CCC[C@@H]1c1nc2c(C)cccc2[nH]1. The number of aromatic nitrogens is 3. The van der Waals surface area contributed by atoms with Crippen LogP contribution in [0.1, 0.15) is 53.7 Å². The Labute approximate surface area is 164 Å². The molecule has 1 fully saturated rings. The Morgan fingerprint density at radius 3 is 2.96 bits per heavy atom. The van der Waals surface area contributed by atoms with Crippen molar-refractivity contribution in [2.45, 2.75) is 52.5 Å². The molecule has 0 spiro atoms. The number of aryl methyl sites for hydroxylation is 3. The number of H-pyrrole nitrogens is 1. The van der Waals surface area contributed by atoms with Crippen molar-refractivity contribution >= 4 is 17.1 Å². The number of nitrogens with zero attached hydrogens (tertiary/aromatic N) is 3. The van der Waals surface area contributed by atoms with Crippen molar-refractivity contribution < 1.29 is 9.32 Å². The third kappa shape index (κ3) is 3.48. The molecule has 1 aliphatic heterocycles. The summed E-state index contributed by atoms with van der Waals surface area (Å²) >= 11 is 0. The zero-order chi connectivity index (χ0) is 19.7. The van der Waals surface area contributed by atoms with E-state index < -0.39 is 0 Å². The summed E-state index contributed by atoms with van der Waals surface area (Å²) in [4.78, 5) is 22.8. The molecule has 2 aromatic heterocycles. The quantitative estimate of drug-likeness (QED) is 0.655. The van der Waals surface area contributed by atoms with Gasteiger partial charge in [0.05, 0.1) is 22.8 Å². The van der Waals surface area contributed by atoms with E-state index in [9.17, 15) is 4.79 Å². The van der Waals surface area contributed by atoms with Gasteiger partial charge in [-0.3, -0.25) is 0 Å². The van der Waals surface area contributed by atoms with E-state index in [1.54, 1.807) is 0 Å². The predicted octanol–water partition coefficient (Wildman–Crippen LogP) is 3.96. The Hall–Kier alpha value is -2.83. The molecule has 1 aromatic carbocycles. The number of urea groups is 1. The fraction of sp³-hybridized carbons (Fsp3) is 0.476. The molecular formula is C21H27N5O2. The largest absolute Gasteiger partial charge is 0.361 e. The van der Waals surface area contributed by atoms with Crippen LogP contribution in [0.2, 0.25) is 0 Å². The number of likely N-dealkylation sites (tertiary alicyclic amines) is 1. The van der Waals surface area contributed by atoms with E-state index in [0.29, 0.717) is 6.54 Å². The third-order valence-electron chi connectivity index (χ3n) is 5.62. The first-order valence-corrected chi connectivity index (χ1v) is 9.96. The minimum absolute atomic E-state index is 0.00867. The fourth-order valence-corrected chi connectivity index (χ4v) is 4.07. The molecule has 1 aliphatic rings. The first kappa shape index (κ1) is 18.5. The van der Waals surface area contributed by atoms with Crippen LogP contribution in [-0.4, -0.2) is 39.1 Å². The lowest BCUT2D eigenvalue weighted by atomic mass is 10.1. The number of aromatic amines is 1. The summed E-state index contributed by atoms with van der Waals surface area (Å²) in [6.45, 7) is 7.33. The van der Waals surface area contributed by atoms with E-state index in [0.717, 1.165) is 71.7 Å². The predicted molar refractivity (Wildman–Crippen MR) is 107 cm³/mol. The molecule has 4 rings (SSSR count). The molecule has 3 heterocycles. The van der Waals surface area contributed by atoms with Crippen LogP contribution in [0.15, 0.2) is 22.7 Å². The summed E-state index contributed by atoms with van der Waals surface area (Å²) in [5.41, 5.74) is 5.24. The lowest BCUT2D eigenvalue weighted by molar-refractivity contribution is 0.191. The molecule has 0 aliphatic carbocycles. The second-order valence-electron chi connectivity index (χ2n) is 7.58. The molecule has 2 N–H and O–H groups in total. The van der Waals surface area contributed by atoms with Gasteiger partial charge in [0.1, 0.15) is 11.6 Å². The molecule has 2 amide bonds. The van der Waals surface area contributed by atoms with Crippen molar-refractivity contribution in [3.05, 3.63) is 46.6 Å². The van der Waals surface area contributed by atoms with Crippen LogP contribution in [-0.2, 0) is 6.42 Å². The molecule has 0 radical (unpaired) electrons. The number of para-hydroxylation sites is 1. The highest BCUT2D eigenvalue weighted by Crippen LogP contribution is 2.31. The number of nitrogens with one attached hydrogen (secondary N) is 2. The number of hydrogen-bond donors (Lipinski definition) is 2. The van der Waals surface area contributed by atoms with Crippen molar-refractivity contribution in [2.75, 3.05) is 13.1 Å². The minimum Gasteiger partial charge on any atom is -0.361 e. The second-order valence-corrected chi connectivity index (χ2v) is 7.58. The highest BCUT2D eigenvalue weighted by Gasteiger charge is 2.32. The van der Waals surface area contributed by atoms with Crippen molar-refractivity contribution in [3.63, 3.8) is 0 Å². The minimum atomic E-state index is -0.0153. The molecule has 3 aromatic rings. The van der Waals surface area contributed by atoms with Crippen LogP contribution in [0.3, 0.4) is 0 Å². The number of hydrogen-bond acceptors (Lipinski definition) is 4. The Balaban J connectivity index is 1.37. The maximum absolute atomic E-state index is 12.7. The van der Waals surface area contributed by atoms with Crippen LogP contribution in [0.25, 0.3) is 11.0 Å². The van der Waals surface area contributed by atoms with Gasteiger partial charge in [-0.05, 0) is 58.1 Å². The lowest BCUT2D eigenvalue weighted by Gasteiger charge is -2.23. The van der Waals surface area contributed by atoms with Gasteiger partial charge in [0.15, 0.2) is 0 Å². The van der Waals surface area contributed by atoms with E-state index >= 15 is 0 Å². The van der Waals surface area contributed by atoms with Crippen LogP contribution in [0, 0.1) is 20.8 Å². The van der Waals surface area contributed by atoms with Crippen molar-refractivity contribution in [1.82, 2.24) is 25.3 Å². The molecule has 148 valence electrons. The first-order chi connectivity index (χ1) is 13.5. The topological polar surface area (TPSA) is 87.1 Å². The summed E-state index contributed by atoms with van der Waals surface area (Å²) in [7, 11) is 0. The molecule has 0 bridgehead atoms. The number of benzene rings is 1.